The third-order valence-electron chi connectivity index (χ3n) is 3.77. The van der Waals surface area contributed by atoms with Gasteiger partial charge < -0.3 is 30.5 Å². The summed E-state index contributed by atoms with van der Waals surface area (Å²) in [6.45, 7) is 10.0. The molecule has 0 aromatic rings. The zero-order valence-corrected chi connectivity index (χ0v) is 16.2. The van der Waals surface area contributed by atoms with Crippen molar-refractivity contribution in [3.8, 4) is 0 Å². The smallest absolute Gasteiger partial charge is 0.336 e. The second-order valence-corrected chi connectivity index (χ2v) is 8.01. The largest absolute Gasteiger partial charge is 0.481 e. The zero-order chi connectivity index (χ0) is 21.6. The van der Waals surface area contributed by atoms with Gasteiger partial charge in [0.2, 0.25) is 0 Å². The van der Waals surface area contributed by atoms with Crippen LogP contribution in [-0.2, 0) is 23.9 Å². The monoisotopic (exact) mass is 391 g/mol. The van der Waals surface area contributed by atoms with Gasteiger partial charge in [-0.25, -0.2) is 4.79 Å². The average molecular weight is 391 g/mol. The van der Waals surface area contributed by atoms with E-state index >= 15 is 0 Å². The minimum Gasteiger partial charge on any atom is -0.481 e. The van der Waals surface area contributed by atoms with Gasteiger partial charge in [-0.15, -0.1) is 0 Å². The molecule has 0 atom stereocenters. The van der Waals surface area contributed by atoms with Gasteiger partial charge in [-0.3, -0.25) is 14.4 Å². The molecule has 0 amide bonds. The van der Waals surface area contributed by atoms with Gasteiger partial charge in [-0.05, 0) is 27.7 Å². The number of piperidine rings is 1. The van der Waals surface area contributed by atoms with E-state index in [-0.39, 0.29) is 23.2 Å². The second kappa shape index (κ2) is 9.14. The van der Waals surface area contributed by atoms with Crippen LogP contribution in [0.1, 0.15) is 60.3 Å². The molecule has 1 aliphatic rings. The van der Waals surface area contributed by atoms with Crippen LogP contribution >= 0.6 is 0 Å². The Kier molecular flexibility index (Phi) is 8.39. The molecule has 1 fully saturated rings. The fourth-order valence-electron chi connectivity index (χ4n) is 3.26. The Morgan fingerprint density at radius 1 is 0.963 bits per heavy atom. The summed E-state index contributed by atoms with van der Waals surface area (Å²) in [5.41, 5.74) is -2.65. The number of rotatable bonds is 6. The first kappa shape index (κ1) is 24.8. The fraction of sp³-hybridized carbons (Fsp3) is 0.765. The van der Waals surface area contributed by atoms with Crippen LogP contribution in [0.25, 0.3) is 0 Å². The number of carbonyl (C=O) groups is 4. The third kappa shape index (κ3) is 9.90. The van der Waals surface area contributed by atoms with Crippen LogP contribution in [0.3, 0.4) is 0 Å². The molecule has 0 unspecified atom stereocenters. The highest BCUT2D eigenvalue weighted by molar-refractivity contribution is 5.88. The molecule has 0 aromatic heterocycles. The summed E-state index contributed by atoms with van der Waals surface area (Å²) in [4.78, 5) is 41.4. The van der Waals surface area contributed by atoms with Crippen molar-refractivity contribution in [2.45, 2.75) is 83.1 Å². The molecule has 10 nitrogen and oxygen atoms in total. The molecule has 0 spiro atoms. The number of hydrogen-bond donors (Lipinski definition) is 5. The van der Waals surface area contributed by atoms with Crippen LogP contribution in [0, 0.1) is 0 Å². The van der Waals surface area contributed by atoms with Crippen molar-refractivity contribution in [2.24, 2.45) is 0 Å². The highest BCUT2D eigenvalue weighted by Crippen LogP contribution is 2.30. The molecule has 10 heteroatoms. The Labute approximate surface area is 157 Å². The molecule has 0 bridgehead atoms. The van der Waals surface area contributed by atoms with E-state index in [1.54, 1.807) is 0 Å². The average Bonchev–Trinajstić information content (AvgIpc) is 2.31. The standard InChI is InChI=1S/C11H21NO2.C6H8O7/c1-8(13)14-9-6-10(2,3)12-11(4,5)7-9;7-3(8)1-6(13,5(11)12)2-4(9)10/h9,12H,6-7H2,1-5H3;13H,1-2H2,(H,7,8)(H,9,10)(H,11,12). The number of aliphatic hydroxyl groups is 1. The van der Waals surface area contributed by atoms with Crippen LogP contribution in [0.4, 0.5) is 0 Å². The normalized spacial score (nSPS) is 18.6. The van der Waals surface area contributed by atoms with E-state index in [1.807, 2.05) is 0 Å². The summed E-state index contributed by atoms with van der Waals surface area (Å²) in [5, 5.41) is 37.4. The van der Waals surface area contributed by atoms with Gasteiger partial charge in [-0.1, -0.05) is 0 Å². The summed E-state index contributed by atoms with van der Waals surface area (Å²) in [6, 6.07) is 0. The molecule has 0 saturated carbocycles. The van der Waals surface area contributed by atoms with E-state index in [1.165, 1.54) is 6.92 Å². The maximum Gasteiger partial charge on any atom is 0.336 e. The van der Waals surface area contributed by atoms with Gasteiger partial charge in [-0.2, -0.15) is 0 Å². The molecule has 1 rings (SSSR count). The van der Waals surface area contributed by atoms with E-state index in [0.29, 0.717) is 0 Å². The van der Waals surface area contributed by atoms with Crippen LogP contribution in [0.5, 0.6) is 0 Å². The molecule has 1 saturated heterocycles. The Bertz CT molecular complexity index is 551. The SMILES string of the molecule is CC(=O)OC1CC(C)(C)NC(C)(C)C1.O=C(O)CC(O)(CC(=O)O)C(=O)O. The summed E-state index contributed by atoms with van der Waals surface area (Å²) in [5.74, 6) is -5.20. The lowest BCUT2D eigenvalue weighted by Crippen LogP contribution is -2.59. The number of carbonyl (C=O) groups excluding carboxylic acids is 1. The predicted molar refractivity (Wildman–Crippen MR) is 93.2 cm³/mol. The summed E-state index contributed by atoms with van der Waals surface area (Å²) in [6.07, 6.45) is -0.464. The summed E-state index contributed by atoms with van der Waals surface area (Å²) in [7, 11) is 0. The number of aliphatic carboxylic acids is 3. The lowest BCUT2D eigenvalue weighted by Gasteiger charge is -2.45. The van der Waals surface area contributed by atoms with E-state index in [0.717, 1.165) is 12.8 Å². The minimum atomic E-state index is -2.74. The number of carboxylic acid groups (broad SMARTS) is 3. The van der Waals surface area contributed by atoms with Gasteiger partial charge in [0.1, 0.15) is 6.10 Å². The molecule has 1 aliphatic heterocycles. The van der Waals surface area contributed by atoms with Gasteiger partial charge in [0.25, 0.3) is 0 Å². The van der Waals surface area contributed by atoms with Gasteiger partial charge in [0.05, 0.1) is 12.8 Å². The molecular formula is C17H29NO9. The van der Waals surface area contributed by atoms with Crippen LogP contribution in [-0.4, -0.2) is 67.1 Å². The molecule has 1 heterocycles. The maximum atomic E-state index is 10.9. The minimum absolute atomic E-state index is 0.0435. The van der Waals surface area contributed by atoms with Crippen molar-refractivity contribution in [1.29, 1.82) is 0 Å². The molecular weight excluding hydrogens is 362 g/mol. The summed E-state index contributed by atoms with van der Waals surface area (Å²) < 4.78 is 5.28. The molecule has 0 radical (unpaired) electrons. The highest BCUT2D eigenvalue weighted by atomic mass is 16.5. The number of carboxylic acids is 3. The zero-order valence-electron chi connectivity index (χ0n) is 16.2. The van der Waals surface area contributed by atoms with Crippen molar-refractivity contribution < 1.29 is 44.3 Å². The maximum absolute atomic E-state index is 10.9. The first-order chi connectivity index (χ1) is 12.0. The molecule has 156 valence electrons. The Hall–Kier alpha value is -2.20. The lowest BCUT2D eigenvalue weighted by molar-refractivity contribution is -0.170. The second-order valence-electron chi connectivity index (χ2n) is 8.01. The van der Waals surface area contributed by atoms with Crippen LogP contribution in [0.2, 0.25) is 0 Å². The van der Waals surface area contributed by atoms with Gasteiger partial charge in [0.15, 0.2) is 5.60 Å². The van der Waals surface area contributed by atoms with Gasteiger partial charge >= 0.3 is 23.9 Å². The predicted octanol–water partition coefficient (Wildman–Crippen LogP) is 0.610. The van der Waals surface area contributed by atoms with E-state index in [4.69, 9.17) is 25.2 Å². The van der Waals surface area contributed by atoms with Crippen molar-refractivity contribution >= 4 is 23.9 Å². The quantitative estimate of drug-likeness (QED) is 0.404. The van der Waals surface area contributed by atoms with Crippen molar-refractivity contribution in [1.82, 2.24) is 5.32 Å². The Balaban J connectivity index is 0.000000503. The van der Waals surface area contributed by atoms with Crippen LogP contribution in [0.15, 0.2) is 0 Å². The van der Waals surface area contributed by atoms with E-state index in [9.17, 15) is 19.2 Å². The number of hydrogen-bond acceptors (Lipinski definition) is 7. The topological polar surface area (TPSA) is 170 Å². The highest BCUT2D eigenvalue weighted by Gasteiger charge is 2.41. The lowest BCUT2D eigenvalue weighted by atomic mass is 9.81. The Morgan fingerprint density at radius 2 is 1.33 bits per heavy atom. The summed E-state index contributed by atoms with van der Waals surface area (Å²) >= 11 is 0. The van der Waals surface area contributed by atoms with Gasteiger partial charge in [0, 0.05) is 30.8 Å². The van der Waals surface area contributed by atoms with Crippen molar-refractivity contribution in [3.63, 3.8) is 0 Å². The molecule has 0 aromatic carbocycles. The van der Waals surface area contributed by atoms with Crippen molar-refractivity contribution in [2.75, 3.05) is 0 Å². The Morgan fingerprint density at radius 3 is 1.59 bits per heavy atom. The third-order valence-corrected chi connectivity index (χ3v) is 3.77. The fourth-order valence-corrected chi connectivity index (χ4v) is 3.26. The molecule has 0 aliphatic carbocycles. The van der Waals surface area contributed by atoms with Crippen LogP contribution < -0.4 is 5.32 Å². The van der Waals surface area contributed by atoms with E-state index in [2.05, 4.69) is 33.0 Å². The number of nitrogens with one attached hydrogen (secondary N) is 1. The van der Waals surface area contributed by atoms with E-state index < -0.39 is 36.4 Å². The van der Waals surface area contributed by atoms with Crippen molar-refractivity contribution in [3.05, 3.63) is 0 Å². The number of esters is 1. The molecule has 27 heavy (non-hydrogen) atoms. The first-order valence-corrected chi connectivity index (χ1v) is 8.34. The molecule has 5 N–H and O–H groups in total. The first-order valence-electron chi connectivity index (χ1n) is 8.34. The number of ether oxygens (including phenoxy) is 1.